The second-order valence-electron chi connectivity index (χ2n) is 9.66. The van der Waals surface area contributed by atoms with Gasteiger partial charge in [-0.25, -0.2) is 9.96 Å². The van der Waals surface area contributed by atoms with Gasteiger partial charge in [-0.2, -0.15) is 0 Å². The number of fused-ring (bicyclic) bond motifs is 2. The van der Waals surface area contributed by atoms with E-state index in [1.807, 2.05) is 105 Å². The minimum atomic E-state index is -0.951. The molecule has 2 fully saturated rings. The van der Waals surface area contributed by atoms with E-state index >= 15 is 0 Å². The zero-order chi connectivity index (χ0) is 26.9. The van der Waals surface area contributed by atoms with E-state index in [1.54, 1.807) is 5.06 Å². The van der Waals surface area contributed by atoms with Crippen LogP contribution in [0.25, 0.3) is 10.8 Å². The van der Waals surface area contributed by atoms with E-state index in [1.165, 1.54) is 4.90 Å². The average Bonchev–Trinajstić information content (AvgIpc) is 3.48. The summed E-state index contributed by atoms with van der Waals surface area (Å²) in [6.07, 6.45) is -0.0797. The molecular weight excluding hydrogens is 492 g/mol. The standard InChI is InChI=1S/C32H30N2O5/c1-3-19-38-26-18-17-22(20-27(26)37-4-2)29-28-30(39-34(29)23-13-6-5-7-14-23)32(36)33(31(28)35)25-16-10-12-21-11-8-9-15-24(21)25/h5-18,20,28-30H,3-4,19H2,1-2H3/t28-,29+,30-/m1/s1. The van der Waals surface area contributed by atoms with E-state index in [0.717, 1.165) is 28.4 Å². The van der Waals surface area contributed by atoms with E-state index in [2.05, 4.69) is 0 Å². The maximum atomic E-state index is 14.2. The number of carbonyl (C=O) groups excluding carboxylic acids is 2. The number of anilines is 2. The van der Waals surface area contributed by atoms with Gasteiger partial charge in [0.1, 0.15) is 5.92 Å². The summed E-state index contributed by atoms with van der Waals surface area (Å²) in [5, 5.41) is 3.50. The van der Waals surface area contributed by atoms with E-state index in [-0.39, 0.29) is 11.8 Å². The molecule has 0 spiro atoms. The van der Waals surface area contributed by atoms with Crippen LogP contribution in [-0.4, -0.2) is 31.1 Å². The van der Waals surface area contributed by atoms with Crippen LogP contribution in [0.1, 0.15) is 31.9 Å². The number of nitrogens with zero attached hydrogens (tertiary/aromatic N) is 2. The molecule has 0 aliphatic carbocycles. The fraction of sp³-hybridized carbons (Fsp3) is 0.250. The Labute approximate surface area is 227 Å². The molecule has 4 aromatic carbocycles. The Morgan fingerprint density at radius 1 is 0.795 bits per heavy atom. The first-order chi connectivity index (χ1) is 19.1. The van der Waals surface area contributed by atoms with Crippen LogP contribution in [-0.2, 0) is 14.4 Å². The molecule has 2 aliphatic heterocycles. The van der Waals surface area contributed by atoms with Gasteiger partial charge < -0.3 is 9.47 Å². The van der Waals surface area contributed by atoms with Crippen LogP contribution in [0.5, 0.6) is 11.5 Å². The van der Waals surface area contributed by atoms with Gasteiger partial charge in [0.05, 0.1) is 30.6 Å². The van der Waals surface area contributed by atoms with Crippen molar-refractivity contribution in [2.45, 2.75) is 32.4 Å². The summed E-state index contributed by atoms with van der Waals surface area (Å²) in [6.45, 7) is 5.00. The zero-order valence-electron chi connectivity index (χ0n) is 21.9. The fourth-order valence-corrected chi connectivity index (χ4v) is 5.50. The number of amides is 2. The lowest BCUT2D eigenvalue weighted by Crippen LogP contribution is -2.37. The molecule has 2 saturated heterocycles. The number of hydrogen-bond acceptors (Lipinski definition) is 6. The topological polar surface area (TPSA) is 68.3 Å². The van der Waals surface area contributed by atoms with Crippen LogP contribution in [0.3, 0.4) is 0 Å². The summed E-state index contributed by atoms with van der Waals surface area (Å²) in [5.41, 5.74) is 2.14. The molecule has 0 unspecified atom stereocenters. The van der Waals surface area contributed by atoms with E-state index < -0.39 is 18.1 Å². The van der Waals surface area contributed by atoms with Gasteiger partial charge in [-0.1, -0.05) is 67.6 Å². The lowest BCUT2D eigenvalue weighted by Gasteiger charge is -2.29. The number of para-hydroxylation sites is 1. The molecule has 0 radical (unpaired) electrons. The van der Waals surface area contributed by atoms with Crippen LogP contribution in [0.4, 0.5) is 11.4 Å². The van der Waals surface area contributed by atoms with E-state index in [9.17, 15) is 9.59 Å². The summed E-state index contributed by atoms with van der Waals surface area (Å²) < 4.78 is 11.8. The maximum Gasteiger partial charge on any atom is 0.266 e. The van der Waals surface area contributed by atoms with Crippen molar-refractivity contribution in [2.75, 3.05) is 23.2 Å². The quantitative estimate of drug-likeness (QED) is 0.261. The van der Waals surface area contributed by atoms with Gasteiger partial charge in [-0.05, 0) is 54.6 Å². The summed E-state index contributed by atoms with van der Waals surface area (Å²) in [6, 6.07) is 28.1. The van der Waals surface area contributed by atoms with Gasteiger partial charge >= 0.3 is 0 Å². The average molecular weight is 523 g/mol. The molecule has 0 N–H and O–H groups in total. The number of benzene rings is 4. The molecule has 0 bridgehead atoms. The van der Waals surface area contributed by atoms with Gasteiger partial charge in [0, 0.05) is 5.39 Å². The molecule has 7 heteroatoms. The predicted molar refractivity (Wildman–Crippen MR) is 150 cm³/mol. The van der Waals surface area contributed by atoms with E-state index in [4.69, 9.17) is 14.3 Å². The van der Waals surface area contributed by atoms with Crippen molar-refractivity contribution in [1.29, 1.82) is 0 Å². The molecule has 6 rings (SSSR count). The maximum absolute atomic E-state index is 14.2. The van der Waals surface area contributed by atoms with Crippen molar-refractivity contribution >= 4 is 34.0 Å². The van der Waals surface area contributed by atoms with Crippen LogP contribution < -0.4 is 19.4 Å². The molecule has 0 aromatic heterocycles. The van der Waals surface area contributed by atoms with Crippen molar-refractivity contribution in [3.63, 3.8) is 0 Å². The number of rotatable bonds is 8. The Balaban J connectivity index is 1.44. The van der Waals surface area contributed by atoms with Gasteiger partial charge in [0.15, 0.2) is 17.6 Å². The van der Waals surface area contributed by atoms with Gasteiger partial charge in [-0.3, -0.25) is 14.4 Å². The molecule has 2 heterocycles. The van der Waals surface area contributed by atoms with Crippen molar-refractivity contribution < 1.29 is 23.9 Å². The highest BCUT2D eigenvalue weighted by Crippen LogP contribution is 2.49. The number of hydrogen-bond donors (Lipinski definition) is 0. The Bertz CT molecular complexity index is 1520. The van der Waals surface area contributed by atoms with Crippen LogP contribution in [0.15, 0.2) is 91.0 Å². The van der Waals surface area contributed by atoms with Crippen LogP contribution in [0, 0.1) is 5.92 Å². The summed E-state index contributed by atoms with van der Waals surface area (Å²) in [4.78, 5) is 35.6. The molecule has 4 aromatic rings. The Hall–Kier alpha value is -4.36. The van der Waals surface area contributed by atoms with Crippen LogP contribution in [0.2, 0.25) is 0 Å². The minimum Gasteiger partial charge on any atom is -0.490 e. The highest BCUT2D eigenvalue weighted by molar-refractivity contribution is 6.26. The normalized spacial score (nSPS) is 20.5. The third-order valence-corrected chi connectivity index (χ3v) is 7.20. The first-order valence-electron chi connectivity index (χ1n) is 13.4. The fourth-order valence-electron chi connectivity index (χ4n) is 5.50. The Morgan fingerprint density at radius 3 is 2.36 bits per heavy atom. The SMILES string of the molecule is CCCOc1ccc([C@H]2[C@H]3C(=O)N(c4cccc5ccccc45)C(=O)[C@@H]3ON2c2ccccc2)cc1OCC. The monoisotopic (exact) mass is 522 g/mol. The van der Waals surface area contributed by atoms with Crippen molar-refractivity contribution in [1.82, 2.24) is 0 Å². The number of ether oxygens (including phenoxy) is 2. The predicted octanol–water partition coefficient (Wildman–Crippen LogP) is 6.08. The highest BCUT2D eigenvalue weighted by Gasteiger charge is 2.60. The zero-order valence-corrected chi connectivity index (χ0v) is 21.9. The second kappa shape index (κ2) is 10.4. The lowest BCUT2D eigenvalue weighted by molar-refractivity contribution is -0.126. The van der Waals surface area contributed by atoms with Crippen molar-refractivity contribution in [3.05, 3.63) is 96.6 Å². The van der Waals surface area contributed by atoms with Gasteiger partial charge in [0.2, 0.25) is 5.91 Å². The molecule has 0 saturated carbocycles. The molecular formula is C32H30N2O5. The number of imide groups is 1. The Morgan fingerprint density at radius 2 is 1.56 bits per heavy atom. The second-order valence-corrected chi connectivity index (χ2v) is 9.66. The van der Waals surface area contributed by atoms with Crippen molar-refractivity contribution in [2.24, 2.45) is 5.92 Å². The summed E-state index contributed by atoms with van der Waals surface area (Å²) >= 11 is 0. The van der Waals surface area contributed by atoms with Gasteiger partial charge in [0.25, 0.3) is 5.91 Å². The molecule has 2 amide bonds. The molecule has 3 atom stereocenters. The molecule has 198 valence electrons. The Kier molecular flexibility index (Phi) is 6.67. The van der Waals surface area contributed by atoms with Gasteiger partial charge in [-0.15, -0.1) is 0 Å². The molecule has 7 nitrogen and oxygen atoms in total. The number of carbonyl (C=O) groups is 2. The highest BCUT2D eigenvalue weighted by atomic mass is 16.7. The summed E-state index contributed by atoms with van der Waals surface area (Å²) in [7, 11) is 0. The smallest absolute Gasteiger partial charge is 0.266 e. The largest absolute Gasteiger partial charge is 0.490 e. The number of hydroxylamine groups is 1. The summed E-state index contributed by atoms with van der Waals surface area (Å²) in [5.74, 6) is -0.140. The van der Waals surface area contributed by atoms with Crippen molar-refractivity contribution in [3.8, 4) is 11.5 Å². The molecule has 2 aliphatic rings. The van der Waals surface area contributed by atoms with E-state index in [0.29, 0.717) is 30.4 Å². The third-order valence-electron chi connectivity index (χ3n) is 7.20. The minimum absolute atomic E-state index is 0.283. The molecule has 39 heavy (non-hydrogen) atoms. The third kappa shape index (κ3) is 4.29. The lowest BCUT2D eigenvalue weighted by atomic mass is 9.90. The van der Waals surface area contributed by atoms with Crippen LogP contribution >= 0.6 is 0 Å². The first kappa shape index (κ1) is 24.9. The first-order valence-corrected chi connectivity index (χ1v) is 13.4.